The van der Waals surface area contributed by atoms with Gasteiger partial charge in [0.1, 0.15) is 0 Å². The van der Waals surface area contributed by atoms with E-state index in [2.05, 4.69) is 11.1 Å². The summed E-state index contributed by atoms with van der Waals surface area (Å²) < 4.78 is 14.5. The normalized spacial score (nSPS) is 10.6. The summed E-state index contributed by atoms with van der Waals surface area (Å²) in [6.45, 7) is 3.46. The Kier molecular flexibility index (Phi) is 2.97. The minimum atomic E-state index is -2.86. The second-order valence-electron chi connectivity index (χ2n) is 2.10. The lowest BCUT2D eigenvalue weighted by Gasteiger charge is -1.97. The highest BCUT2D eigenvalue weighted by molar-refractivity contribution is 7.30. The van der Waals surface area contributed by atoms with Crippen molar-refractivity contribution in [1.29, 1.82) is 0 Å². The first-order valence-electron chi connectivity index (χ1n) is 3.27. The van der Waals surface area contributed by atoms with E-state index in [1.165, 1.54) is 0 Å². The SMILES string of the molecule is C=C(O[P+](=O)[O-])c1ccccc1. The van der Waals surface area contributed by atoms with Gasteiger partial charge in [0.25, 0.3) is 0 Å². The summed E-state index contributed by atoms with van der Waals surface area (Å²) in [7, 11) is -2.86. The third-order valence-corrected chi connectivity index (χ3v) is 1.65. The lowest BCUT2D eigenvalue weighted by atomic mass is 10.2. The Balaban J connectivity index is 2.73. The van der Waals surface area contributed by atoms with E-state index in [0.29, 0.717) is 5.56 Å². The number of rotatable bonds is 3. The van der Waals surface area contributed by atoms with Crippen LogP contribution in [0.25, 0.3) is 5.76 Å². The molecule has 0 aromatic heterocycles. The van der Waals surface area contributed by atoms with Crippen LogP contribution in [0.4, 0.5) is 0 Å². The van der Waals surface area contributed by atoms with E-state index in [0.717, 1.165) is 0 Å². The molecule has 0 heterocycles. The summed E-state index contributed by atoms with van der Waals surface area (Å²) in [5.74, 6) is 0.145. The first-order chi connectivity index (χ1) is 5.70. The molecule has 0 aliphatic carbocycles. The van der Waals surface area contributed by atoms with Gasteiger partial charge in [-0.25, -0.2) is 0 Å². The fourth-order valence-corrected chi connectivity index (χ4v) is 1.05. The molecule has 0 aliphatic heterocycles. The van der Waals surface area contributed by atoms with Crippen LogP contribution in [0.2, 0.25) is 0 Å². The minimum Gasteiger partial charge on any atom is -0.558 e. The van der Waals surface area contributed by atoms with Crippen LogP contribution in [0.1, 0.15) is 5.56 Å². The fraction of sp³-hybridized carbons (Fsp3) is 0. The van der Waals surface area contributed by atoms with Crippen LogP contribution in [0, 0.1) is 0 Å². The second-order valence-corrected chi connectivity index (χ2v) is 2.73. The van der Waals surface area contributed by atoms with E-state index in [9.17, 15) is 9.46 Å². The molecule has 0 N–H and O–H groups in total. The lowest BCUT2D eigenvalue weighted by molar-refractivity contribution is -0.180. The molecule has 0 fully saturated rings. The van der Waals surface area contributed by atoms with Crippen molar-refractivity contribution >= 4 is 14.0 Å². The Morgan fingerprint density at radius 2 is 2.00 bits per heavy atom. The van der Waals surface area contributed by atoms with Gasteiger partial charge in [0.2, 0.25) is 0 Å². The molecular formula is C8H7O3P. The Morgan fingerprint density at radius 3 is 2.50 bits per heavy atom. The maximum atomic E-state index is 10.1. The monoisotopic (exact) mass is 182 g/mol. The van der Waals surface area contributed by atoms with E-state index in [1.807, 2.05) is 6.07 Å². The molecule has 12 heavy (non-hydrogen) atoms. The van der Waals surface area contributed by atoms with Crippen LogP contribution >= 0.6 is 8.25 Å². The van der Waals surface area contributed by atoms with Gasteiger partial charge in [-0.15, -0.1) is 0 Å². The van der Waals surface area contributed by atoms with Crippen molar-refractivity contribution in [2.45, 2.75) is 0 Å². The van der Waals surface area contributed by atoms with Crippen molar-refractivity contribution < 1.29 is 14.0 Å². The zero-order valence-electron chi connectivity index (χ0n) is 6.27. The first kappa shape index (κ1) is 8.91. The first-order valence-corrected chi connectivity index (χ1v) is 4.36. The molecule has 4 heteroatoms. The molecule has 0 amide bonds. The van der Waals surface area contributed by atoms with Crippen LogP contribution in [-0.4, -0.2) is 0 Å². The Morgan fingerprint density at radius 1 is 1.42 bits per heavy atom. The molecule has 1 aromatic carbocycles. The van der Waals surface area contributed by atoms with Crippen molar-refractivity contribution in [2.75, 3.05) is 0 Å². The van der Waals surface area contributed by atoms with E-state index in [1.54, 1.807) is 24.3 Å². The Labute approximate surface area is 71.3 Å². The summed E-state index contributed by atoms with van der Waals surface area (Å²) in [5.41, 5.74) is 0.664. The quantitative estimate of drug-likeness (QED) is 0.527. The maximum Gasteiger partial charge on any atom is 0.539 e. The van der Waals surface area contributed by atoms with Crippen LogP contribution in [0.15, 0.2) is 36.9 Å². The van der Waals surface area contributed by atoms with Gasteiger partial charge < -0.3 is 4.89 Å². The Bertz CT molecular complexity index is 294. The summed E-state index contributed by atoms with van der Waals surface area (Å²) in [5, 5.41) is 0. The van der Waals surface area contributed by atoms with Crippen LogP contribution < -0.4 is 4.89 Å². The molecule has 1 unspecified atom stereocenters. The van der Waals surface area contributed by atoms with Gasteiger partial charge in [-0.1, -0.05) is 30.3 Å². The van der Waals surface area contributed by atoms with Crippen molar-refractivity contribution in [2.24, 2.45) is 0 Å². The topological polar surface area (TPSA) is 49.4 Å². The van der Waals surface area contributed by atoms with Crippen LogP contribution in [0.5, 0.6) is 0 Å². The molecular weight excluding hydrogens is 175 g/mol. The highest BCUT2D eigenvalue weighted by Gasteiger charge is 2.07. The zero-order valence-corrected chi connectivity index (χ0v) is 7.16. The molecule has 0 radical (unpaired) electrons. The predicted octanol–water partition coefficient (Wildman–Crippen LogP) is 1.69. The molecule has 0 saturated carbocycles. The highest BCUT2D eigenvalue weighted by atomic mass is 31.1. The van der Waals surface area contributed by atoms with E-state index >= 15 is 0 Å². The summed E-state index contributed by atoms with van der Waals surface area (Å²) >= 11 is 0. The molecule has 3 nitrogen and oxygen atoms in total. The van der Waals surface area contributed by atoms with Gasteiger partial charge >= 0.3 is 8.25 Å². The lowest BCUT2D eigenvalue weighted by Crippen LogP contribution is -1.90. The molecule has 62 valence electrons. The summed E-state index contributed by atoms with van der Waals surface area (Å²) in [6, 6.07) is 8.83. The van der Waals surface area contributed by atoms with Gasteiger partial charge in [0.05, 0.1) is 0 Å². The number of benzene rings is 1. The summed E-state index contributed by atoms with van der Waals surface area (Å²) in [4.78, 5) is 10.1. The van der Waals surface area contributed by atoms with Crippen molar-refractivity contribution in [3.05, 3.63) is 42.5 Å². The highest BCUT2D eigenvalue weighted by Crippen LogP contribution is 2.22. The molecule has 1 aromatic rings. The van der Waals surface area contributed by atoms with Gasteiger partial charge in [-0.3, -0.25) is 4.52 Å². The third kappa shape index (κ3) is 2.46. The predicted molar refractivity (Wildman–Crippen MR) is 44.2 cm³/mol. The van der Waals surface area contributed by atoms with Gasteiger partial charge in [0, 0.05) is 5.56 Å². The van der Waals surface area contributed by atoms with Crippen LogP contribution in [-0.2, 0) is 9.09 Å². The van der Waals surface area contributed by atoms with Crippen molar-refractivity contribution in [3.8, 4) is 0 Å². The van der Waals surface area contributed by atoms with E-state index in [4.69, 9.17) is 0 Å². The van der Waals surface area contributed by atoms with Crippen LogP contribution in [0.3, 0.4) is 0 Å². The van der Waals surface area contributed by atoms with E-state index < -0.39 is 8.25 Å². The number of hydrogen-bond acceptors (Lipinski definition) is 3. The zero-order chi connectivity index (χ0) is 8.97. The third-order valence-electron chi connectivity index (χ3n) is 1.28. The van der Waals surface area contributed by atoms with Gasteiger partial charge in [0.15, 0.2) is 5.76 Å². The molecule has 1 rings (SSSR count). The Hall–Kier alpha value is -1.18. The maximum absolute atomic E-state index is 10.1. The standard InChI is InChI=1S/C8H7O3P/c1-7(11-12(9)10)8-5-3-2-4-6-8/h2-6H,1H2. The van der Waals surface area contributed by atoms with Crippen molar-refractivity contribution in [3.63, 3.8) is 0 Å². The second kappa shape index (κ2) is 4.00. The van der Waals surface area contributed by atoms with E-state index in [-0.39, 0.29) is 5.76 Å². The van der Waals surface area contributed by atoms with Gasteiger partial charge in [-0.2, -0.15) is 0 Å². The number of hydrogen-bond donors (Lipinski definition) is 0. The molecule has 0 spiro atoms. The molecule has 1 atom stereocenters. The molecule has 0 aliphatic rings. The van der Waals surface area contributed by atoms with Gasteiger partial charge in [-0.05, 0) is 11.1 Å². The fourth-order valence-electron chi connectivity index (χ4n) is 0.767. The van der Waals surface area contributed by atoms with Crippen molar-refractivity contribution in [1.82, 2.24) is 0 Å². The minimum absolute atomic E-state index is 0.145. The summed E-state index contributed by atoms with van der Waals surface area (Å²) in [6.07, 6.45) is 0. The smallest absolute Gasteiger partial charge is 0.539 e. The molecule has 0 saturated heterocycles. The molecule has 0 bridgehead atoms. The average Bonchev–Trinajstić information content (AvgIpc) is 2.05. The largest absolute Gasteiger partial charge is 0.558 e. The average molecular weight is 182 g/mol.